The molecule has 0 unspecified atom stereocenters. The smallest absolute Gasteiger partial charge is 0.239 e. The topological polar surface area (TPSA) is 68.7 Å². The monoisotopic (exact) mass is 282 g/mol. The number of carbonyl (C=O) groups is 1. The minimum atomic E-state index is -0.384. The summed E-state index contributed by atoms with van der Waals surface area (Å²) in [6.07, 6.45) is 1.96. The van der Waals surface area contributed by atoms with Crippen molar-refractivity contribution < 1.29 is 9.90 Å². The van der Waals surface area contributed by atoms with Gasteiger partial charge in [0, 0.05) is 44.3 Å². The van der Waals surface area contributed by atoms with E-state index in [0.29, 0.717) is 13.0 Å². The number of hydrogen-bond donors (Lipinski definition) is 2. The summed E-state index contributed by atoms with van der Waals surface area (Å²) in [7, 11) is 0. The van der Waals surface area contributed by atoms with E-state index in [1.807, 2.05) is 10.3 Å². The van der Waals surface area contributed by atoms with Gasteiger partial charge in [0.15, 0.2) is 5.13 Å². The molecule has 2 N–H and O–H groups in total. The van der Waals surface area contributed by atoms with Crippen LogP contribution in [-0.2, 0) is 4.79 Å². The number of aliphatic hydroxyl groups excluding tert-OH is 1. The Labute approximate surface area is 116 Å². The quantitative estimate of drug-likeness (QED) is 0.766. The molecule has 19 heavy (non-hydrogen) atoms. The van der Waals surface area contributed by atoms with E-state index in [0.717, 1.165) is 31.3 Å². The Hall–Kier alpha value is -1.18. The van der Waals surface area contributed by atoms with E-state index in [2.05, 4.69) is 15.2 Å². The lowest BCUT2D eigenvalue weighted by atomic mass is 10.1. The Bertz CT molecular complexity index is 431. The highest BCUT2D eigenvalue weighted by molar-refractivity contribution is 7.13. The van der Waals surface area contributed by atoms with Crippen molar-refractivity contribution in [3.8, 4) is 0 Å². The molecule has 104 valence electrons. The average molecular weight is 282 g/mol. The van der Waals surface area contributed by atoms with Crippen molar-refractivity contribution in [2.24, 2.45) is 0 Å². The van der Waals surface area contributed by atoms with Crippen LogP contribution in [-0.4, -0.2) is 65.8 Å². The molecule has 2 aliphatic rings. The minimum Gasteiger partial charge on any atom is -0.392 e. The summed E-state index contributed by atoms with van der Waals surface area (Å²) in [6, 6.07) is -0.207. The molecule has 0 aromatic carbocycles. The fourth-order valence-electron chi connectivity index (χ4n) is 2.62. The number of rotatable bonds is 2. The predicted molar refractivity (Wildman–Crippen MR) is 73.3 cm³/mol. The number of thiazole rings is 1. The largest absolute Gasteiger partial charge is 0.392 e. The van der Waals surface area contributed by atoms with Gasteiger partial charge in [-0.3, -0.25) is 4.79 Å². The average Bonchev–Trinajstić information content (AvgIpc) is 3.09. The van der Waals surface area contributed by atoms with E-state index in [1.54, 1.807) is 17.5 Å². The van der Waals surface area contributed by atoms with Crippen molar-refractivity contribution >= 4 is 22.4 Å². The summed E-state index contributed by atoms with van der Waals surface area (Å²) in [5.74, 6) is 0.121. The normalized spacial score (nSPS) is 27.8. The van der Waals surface area contributed by atoms with E-state index in [4.69, 9.17) is 0 Å². The van der Waals surface area contributed by atoms with E-state index in [9.17, 15) is 9.90 Å². The first kappa shape index (κ1) is 12.8. The summed E-state index contributed by atoms with van der Waals surface area (Å²) in [5.41, 5.74) is 0. The van der Waals surface area contributed by atoms with E-state index >= 15 is 0 Å². The molecule has 0 aliphatic carbocycles. The van der Waals surface area contributed by atoms with Crippen molar-refractivity contribution in [1.82, 2.24) is 15.2 Å². The number of nitrogens with zero attached hydrogens (tertiary/aromatic N) is 3. The number of amides is 1. The van der Waals surface area contributed by atoms with Gasteiger partial charge in [0.05, 0.1) is 12.1 Å². The van der Waals surface area contributed by atoms with Gasteiger partial charge in [-0.15, -0.1) is 11.3 Å². The van der Waals surface area contributed by atoms with Gasteiger partial charge in [0.2, 0.25) is 5.91 Å². The Morgan fingerprint density at radius 2 is 2.21 bits per heavy atom. The first-order valence-electron chi connectivity index (χ1n) is 6.59. The number of β-amino-alcohol motifs (C(OH)–C–C–N with tert-alkyl or cyclic N) is 1. The van der Waals surface area contributed by atoms with Gasteiger partial charge in [-0.25, -0.2) is 4.98 Å². The molecule has 2 aliphatic heterocycles. The fraction of sp³-hybridized carbons (Fsp3) is 0.667. The molecule has 3 heterocycles. The Morgan fingerprint density at radius 3 is 2.79 bits per heavy atom. The van der Waals surface area contributed by atoms with E-state index < -0.39 is 0 Å². The van der Waals surface area contributed by atoms with Crippen LogP contribution in [0.25, 0.3) is 0 Å². The number of piperazine rings is 1. The van der Waals surface area contributed by atoms with Crippen LogP contribution in [0.2, 0.25) is 0 Å². The zero-order chi connectivity index (χ0) is 13.2. The van der Waals surface area contributed by atoms with Crippen LogP contribution >= 0.6 is 11.3 Å². The highest BCUT2D eigenvalue weighted by Crippen LogP contribution is 2.19. The van der Waals surface area contributed by atoms with Crippen LogP contribution < -0.4 is 10.2 Å². The van der Waals surface area contributed by atoms with Crippen LogP contribution in [0.15, 0.2) is 11.6 Å². The van der Waals surface area contributed by atoms with Gasteiger partial charge in [-0.1, -0.05) is 0 Å². The molecule has 0 saturated carbocycles. The summed E-state index contributed by atoms with van der Waals surface area (Å²) in [4.78, 5) is 20.7. The maximum absolute atomic E-state index is 12.3. The molecule has 1 aromatic rings. The van der Waals surface area contributed by atoms with Gasteiger partial charge in [-0.2, -0.15) is 0 Å². The lowest BCUT2D eigenvalue weighted by Gasteiger charge is -2.35. The van der Waals surface area contributed by atoms with Crippen LogP contribution in [0.1, 0.15) is 6.42 Å². The van der Waals surface area contributed by atoms with Gasteiger partial charge >= 0.3 is 0 Å². The third kappa shape index (κ3) is 2.72. The molecule has 1 amide bonds. The lowest BCUT2D eigenvalue weighted by molar-refractivity contribution is -0.133. The van der Waals surface area contributed by atoms with Gasteiger partial charge < -0.3 is 20.2 Å². The van der Waals surface area contributed by atoms with Crippen molar-refractivity contribution in [3.63, 3.8) is 0 Å². The summed E-state index contributed by atoms with van der Waals surface area (Å²) < 4.78 is 0. The first-order chi connectivity index (χ1) is 9.24. The van der Waals surface area contributed by atoms with Crippen molar-refractivity contribution in [2.75, 3.05) is 37.6 Å². The second-order valence-corrected chi connectivity index (χ2v) is 5.85. The van der Waals surface area contributed by atoms with Crippen molar-refractivity contribution in [2.45, 2.75) is 18.6 Å². The number of nitrogens with one attached hydrogen (secondary N) is 1. The molecule has 2 atom stereocenters. The highest BCUT2D eigenvalue weighted by Gasteiger charge is 2.32. The van der Waals surface area contributed by atoms with Crippen LogP contribution in [0, 0.1) is 0 Å². The number of anilines is 1. The second kappa shape index (κ2) is 5.44. The summed E-state index contributed by atoms with van der Waals surface area (Å²) in [5, 5.41) is 15.5. The third-order valence-electron chi connectivity index (χ3n) is 3.69. The predicted octanol–water partition coefficient (Wildman–Crippen LogP) is -0.485. The van der Waals surface area contributed by atoms with Crippen molar-refractivity contribution in [3.05, 3.63) is 11.6 Å². The van der Waals surface area contributed by atoms with Crippen LogP contribution in [0.3, 0.4) is 0 Å². The highest BCUT2D eigenvalue weighted by atomic mass is 32.1. The number of aromatic nitrogens is 1. The number of hydrogen-bond acceptors (Lipinski definition) is 6. The van der Waals surface area contributed by atoms with Gasteiger partial charge in [0.25, 0.3) is 0 Å². The molecule has 0 radical (unpaired) electrons. The van der Waals surface area contributed by atoms with Crippen LogP contribution in [0.4, 0.5) is 5.13 Å². The Morgan fingerprint density at radius 1 is 1.42 bits per heavy atom. The molecule has 2 saturated heterocycles. The number of aliphatic hydroxyl groups is 1. The van der Waals surface area contributed by atoms with E-state index in [1.165, 1.54) is 0 Å². The van der Waals surface area contributed by atoms with Crippen molar-refractivity contribution in [1.29, 1.82) is 0 Å². The maximum atomic E-state index is 12.3. The zero-order valence-corrected chi connectivity index (χ0v) is 11.5. The van der Waals surface area contributed by atoms with Crippen LogP contribution in [0.5, 0.6) is 0 Å². The SMILES string of the molecule is O=C([C@H]1C[C@H](O)CN1)N1CCN(c2nccs2)CC1. The third-order valence-corrected chi connectivity index (χ3v) is 4.52. The zero-order valence-electron chi connectivity index (χ0n) is 10.7. The molecule has 6 nitrogen and oxygen atoms in total. The molecular weight excluding hydrogens is 264 g/mol. The Kier molecular flexibility index (Phi) is 3.67. The molecule has 0 bridgehead atoms. The molecule has 1 aromatic heterocycles. The lowest BCUT2D eigenvalue weighted by Crippen LogP contribution is -2.53. The Balaban J connectivity index is 1.54. The first-order valence-corrected chi connectivity index (χ1v) is 7.46. The van der Waals surface area contributed by atoms with Gasteiger partial charge in [0.1, 0.15) is 0 Å². The molecular formula is C12H18N4O2S. The number of carbonyl (C=O) groups excluding carboxylic acids is 1. The maximum Gasteiger partial charge on any atom is 0.239 e. The molecule has 0 spiro atoms. The minimum absolute atomic E-state index is 0.121. The van der Waals surface area contributed by atoms with Gasteiger partial charge in [-0.05, 0) is 6.42 Å². The summed E-state index contributed by atoms with van der Waals surface area (Å²) in [6.45, 7) is 3.64. The fourth-order valence-corrected chi connectivity index (χ4v) is 3.31. The molecule has 2 fully saturated rings. The van der Waals surface area contributed by atoms with E-state index in [-0.39, 0.29) is 18.1 Å². The molecule has 3 rings (SSSR count). The second-order valence-electron chi connectivity index (χ2n) is 4.98. The summed E-state index contributed by atoms with van der Waals surface area (Å²) >= 11 is 1.63. The standard InChI is InChI=1S/C12H18N4O2S/c17-9-7-10(14-8-9)11(18)15-2-4-16(5-3-15)12-13-1-6-19-12/h1,6,9-10,14,17H,2-5,7-8H2/t9-,10+/m0/s1. The molecule has 7 heteroatoms.